The highest BCUT2D eigenvalue weighted by Crippen LogP contribution is 2.69. The first kappa shape index (κ1) is 24.9. The van der Waals surface area contributed by atoms with Crippen molar-refractivity contribution in [3.8, 4) is 0 Å². The van der Waals surface area contributed by atoms with Gasteiger partial charge in [0.2, 0.25) is 0 Å². The minimum Gasteiger partial charge on any atom is -0.390 e. The fourth-order valence-electron chi connectivity index (χ4n) is 9.66. The molecule has 0 aromatic heterocycles. The summed E-state index contributed by atoms with van der Waals surface area (Å²) in [7, 11) is 1.75. The Hall–Kier alpha value is -0.260. The van der Waals surface area contributed by atoms with Gasteiger partial charge >= 0.3 is 0 Å². The lowest BCUT2D eigenvalue weighted by atomic mass is 9.43. The van der Waals surface area contributed by atoms with Gasteiger partial charge in [-0.15, -0.1) is 0 Å². The van der Waals surface area contributed by atoms with Gasteiger partial charge in [0.15, 0.2) is 0 Å². The van der Waals surface area contributed by atoms with Gasteiger partial charge in [0.1, 0.15) is 6.61 Å². The Morgan fingerprint density at radius 3 is 2.34 bits per heavy atom. The lowest BCUT2D eigenvalue weighted by Gasteiger charge is -2.63. The molecule has 3 nitrogen and oxygen atoms in total. The van der Waals surface area contributed by atoms with Crippen molar-refractivity contribution in [3.05, 3.63) is 0 Å². The largest absolute Gasteiger partial charge is 0.390 e. The lowest BCUT2D eigenvalue weighted by molar-refractivity contribution is -0.206. The van der Waals surface area contributed by atoms with Crippen molar-refractivity contribution < 1.29 is 23.7 Å². The molecule has 0 spiro atoms. The molecule has 0 heterocycles. The number of aliphatic hydroxyl groups excluding tert-OH is 1. The van der Waals surface area contributed by atoms with Crippen molar-refractivity contribution in [1.29, 1.82) is 0 Å². The van der Waals surface area contributed by atoms with Crippen LogP contribution in [0.1, 0.15) is 91.9 Å². The van der Waals surface area contributed by atoms with E-state index in [9.17, 15) is 13.9 Å². The van der Waals surface area contributed by atoms with Crippen LogP contribution < -0.4 is 0 Å². The zero-order valence-electron chi connectivity index (χ0n) is 20.9. The summed E-state index contributed by atoms with van der Waals surface area (Å²) in [4.78, 5) is 0. The molecule has 4 fully saturated rings. The van der Waals surface area contributed by atoms with Gasteiger partial charge in [-0.2, -0.15) is 0 Å². The summed E-state index contributed by atoms with van der Waals surface area (Å²) in [5, 5.41) is 20.4. The second kappa shape index (κ2) is 8.45. The maximum Gasteiger partial charge on any atom is 0.270 e. The highest BCUT2D eigenvalue weighted by molar-refractivity contribution is 5.12. The first-order chi connectivity index (χ1) is 14.9. The highest BCUT2D eigenvalue weighted by atomic mass is 19.3. The van der Waals surface area contributed by atoms with Gasteiger partial charge in [0.05, 0.1) is 11.7 Å². The number of halogens is 2. The van der Waals surface area contributed by atoms with Crippen LogP contribution in [0.3, 0.4) is 0 Å². The molecule has 0 radical (unpaired) electrons. The van der Waals surface area contributed by atoms with Gasteiger partial charge in [-0.05, 0) is 104 Å². The van der Waals surface area contributed by atoms with E-state index in [-0.39, 0.29) is 29.3 Å². The number of fused-ring (bicyclic) bond motifs is 5. The Balaban J connectivity index is 1.55. The third kappa shape index (κ3) is 3.77. The van der Waals surface area contributed by atoms with E-state index in [1.807, 2.05) is 6.92 Å². The SMILES string of the molecule is CC[C@@]1(O)C[C@@H]2CC[C@@H]3[C@H](CC[C@]4(C)[C@@H]([C@H](C)CC(F)(F)CO)CC[C@@H]34)[C@@]2(C)C[C@@H]1OC. The Bertz CT molecular complexity index is 686. The zero-order chi connectivity index (χ0) is 23.5. The number of ether oxygens (including phenoxy) is 1. The molecule has 2 N–H and O–H groups in total. The van der Waals surface area contributed by atoms with Gasteiger partial charge < -0.3 is 14.9 Å². The maximum atomic E-state index is 14.0. The Kier molecular flexibility index (Phi) is 6.56. The number of alkyl halides is 2. The molecule has 0 aromatic rings. The lowest BCUT2D eigenvalue weighted by Crippen LogP contribution is -2.60. The van der Waals surface area contributed by atoms with E-state index in [0.717, 1.165) is 38.5 Å². The van der Waals surface area contributed by atoms with Crippen LogP contribution >= 0.6 is 0 Å². The molecule has 10 atom stereocenters. The minimum absolute atomic E-state index is 0.0669. The molecule has 4 saturated carbocycles. The molecule has 0 bridgehead atoms. The average Bonchev–Trinajstić information content (AvgIpc) is 3.11. The van der Waals surface area contributed by atoms with Crippen molar-refractivity contribution in [2.24, 2.45) is 46.3 Å². The predicted molar refractivity (Wildman–Crippen MR) is 122 cm³/mol. The fraction of sp³-hybridized carbons (Fsp3) is 1.00. The monoisotopic (exact) mass is 456 g/mol. The second-order valence-corrected chi connectivity index (χ2v) is 12.7. The molecule has 0 amide bonds. The van der Waals surface area contributed by atoms with E-state index in [2.05, 4.69) is 20.8 Å². The minimum atomic E-state index is -2.97. The quantitative estimate of drug-likeness (QED) is 0.510. The summed E-state index contributed by atoms with van der Waals surface area (Å²) in [6, 6.07) is 0. The molecular weight excluding hydrogens is 410 g/mol. The van der Waals surface area contributed by atoms with Gasteiger partial charge in [-0.25, -0.2) is 8.78 Å². The molecule has 0 saturated heterocycles. The van der Waals surface area contributed by atoms with Crippen molar-refractivity contribution >= 4 is 0 Å². The van der Waals surface area contributed by atoms with Gasteiger partial charge in [0.25, 0.3) is 5.92 Å². The summed E-state index contributed by atoms with van der Waals surface area (Å²) in [5.41, 5.74) is -0.379. The summed E-state index contributed by atoms with van der Waals surface area (Å²) in [5.74, 6) is -0.250. The Morgan fingerprint density at radius 2 is 1.72 bits per heavy atom. The third-order valence-electron chi connectivity index (χ3n) is 11.4. The Labute approximate surface area is 193 Å². The van der Waals surface area contributed by atoms with Crippen LogP contribution in [-0.2, 0) is 4.74 Å². The number of hydrogen-bond acceptors (Lipinski definition) is 3. The average molecular weight is 457 g/mol. The molecular formula is C27H46F2O3. The van der Waals surface area contributed by atoms with Gasteiger partial charge in [-0.3, -0.25) is 0 Å². The van der Waals surface area contributed by atoms with Crippen LogP contribution in [-0.4, -0.2) is 41.6 Å². The molecule has 4 aliphatic rings. The first-order valence-electron chi connectivity index (χ1n) is 13.2. The van der Waals surface area contributed by atoms with Crippen LogP contribution in [0, 0.1) is 46.3 Å². The molecule has 186 valence electrons. The molecule has 4 aliphatic carbocycles. The normalized spacial score (nSPS) is 49.8. The number of aliphatic hydroxyl groups is 2. The van der Waals surface area contributed by atoms with Crippen molar-refractivity contribution in [2.75, 3.05) is 13.7 Å². The van der Waals surface area contributed by atoms with Crippen LogP contribution in [0.25, 0.3) is 0 Å². The van der Waals surface area contributed by atoms with E-state index in [1.165, 1.54) is 19.3 Å². The molecule has 0 aliphatic heterocycles. The first-order valence-corrected chi connectivity index (χ1v) is 13.2. The molecule has 32 heavy (non-hydrogen) atoms. The van der Waals surface area contributed by atoms with Crippen LogP contribution in [0.5, 0.6) is 0 Å². The summed E-state index contributed by atoms with van der Waals surface area (Å²) in [6.45, 7) is 7.88. The van der Waals surface area contributed by atoms with Crippen molar-refractivity contribution in [2.45, 2.75) is 110 Å². The molecule has 0 aromatic carbocycles. The van der Waals surface area contributed by atoms with E-state index < -0.39 is 18.1 Å². The summed E-state index contributed by atoms with van der Waals surface area (Å²) in [6.07, 6.45) is 9.11. The summed E-state index contributed by atoms with van der Waals surface area (Å²) >= 11 is 0. The topological polar surface area (TPSA) is 49.7 Å². The third-order valence-corrected chi connectivity index (χ3v) is 11.4. The zero-order valence-corrected chi connectivity index (χ0v) is 20.9. The number of rotatable bonds is 6. The second-order valence-electron chi connectivity index (χ2n) is 12.7. The molecule has 0 unspecified atom stereocenters. The van der Waals surface area contributed by atoms with Crippen LogP contribution in [0.15, 0.2) is 0 Å². The van der Waals surface area contributed by atoms with Crippen molar-refractivity contribution in [3.63, 3.8) is 0 Å². The Morgan fingerprint density at radius 1 is 1.03 bits per heavy atom. The smallest absolute Gasteiger partial charge is 0.270 e. The standard InChI is InChI=1S/C27H46F2O3/c1-6-26(31)14-18-7-8-19-21-10-9-20(17(2)13-27(28,29)16-30)24(21,3)12-11-22(19)25(18,4)15-23(26)32-5/h17-23,30-31H,6-16H2,1-5H3/t17-,18+,19+,20-,21+,22+,23+,24-,25+,26-/m1/s1. The van der Waals surface area contributed by atoms with Crippen LogP contribution in [0.4, 0.5) is 8.78 Å². The number of methoxy groups -OCH3 is 1. The van der Waals surface area contributed by atoms with Gasteiger partial charge in [0, 0.05) is 13.5 Å². The van der Waals surface area contributed by atoms with E-state index in [0.29, 0.717) is 29.6 Å². The van der Waals surface area contributed by atoms with Crippen LogP contribution in [0.2, 0.25) is 0 Å². The maximum absolute atomic E-state index is 14.0. The predicted octanol–water partition coefficient (Wildman–Crippen LogP) is 6.07. The van der Waals surface area contributed by atoms with Crippen molar-refractivity contribution in [1.82, 2.24) is 0 Å². The summed E-state index contributed by atoms with van der Waals surface area (Å²) < 4.78 is 33.8. The molecule has 4 rings (SSSR count). The molecule has 5 heteroatoms. The van der Waals surface area contributed by atoms with E-state index >= 15 is 0 Å². The van der Waals surface area contributed by atoms with Gasteiger partial charge in [-0.1, -0.05) is 27.7 Å². The number of hydrogen-bond donors (Lipinski definition) is 2. The highest BCUT2D eigenvalue weighted by Gasteiger charge is 2.63. The fourth-order valence-corrected chi connectivity index (χ4v) is 9.66. The van der Waals surface area contributed by atoms with E-state index in [1.54, 1.807) is 7.11 Å². The van der Waals surface area contributed by atoms with E-state index in [4.69, 9.17) is 9.84 Å².